The second-order valence-corrected chi connectivity index (χ2v) is 6.45. The van der Waals surface area contributed by atoms with Gasteiger partial charge in [-0.05, 0) is 61.3 Å². The molecule has 1 aromatic carbocycles. The van der Waals surface area contributed by atoms with Crippen LogP contribution in [-0.4, -0.2) is 12.1 Å². The molecule has 1 heterocycles. The summed E-state index contributed by atoms with van der Waals surface area (Å²) in [4.78, 5) is 4.50. The van der Waals surface area contributed by atoms with E-state index in [0.29, 0.717) is 22.9 Å². The van der Waals surface area contributed by atoms with Gasteiger partial charge in [-0.3, -0.25) is 4.98 Å². The van der Waals surface area contributed by atoms with Gasteiger partial charge in [0.05, 0.1) is 12.8 Å². The van der Waals surface area contributed by atoms with Crippen LogP contribution in [0.5, 0.6) is 5.75 Å². The number of halogens is 1. The van der Waals surface area contributed by atoms with Crippen molar-refractivity contribution in [2.45, 2.75) is 44.9 Å². The molecule has 3 heteroatoms. The van der Waals surface area contributed by atoms with E-state index >= 15 is 0 Å². The number of benzene rings is 1. The SMILES string of the molecule is CC[C@H]1CC[C@H](c2ccc(-c3ccc(OC)cc3F)nc2)CC1. The van der Waals surface area contributed by atoms with E-state index in [9.17, 15) is 4.39 Å². The summed E-state index contributed by atoms with van der Waals surface area (Å²) in [6.07, 6.45) is 8.34. The topological polar surface area (TPSA) is 22.1 Å². The number of pyridine rings is 1. The van der Waals surface area contributed by atoms with Gasteiger partial charge in [0.25, 0.3) is 0 Å². The number of hydrogen-bond donors (Lipinski definition) is 0. The molecule has 0 saturated heterocycles. The maximum Gasteiger partial charge on any atom is 0.136 e. The van der Waals surface area contributed by atoms with Gasteiger partial charge >= 0.3 is 0 Å². The Morgan fingerprint density at radius 1 is 1.13 bits per heavy atom. The van der Waals surface area contributed by atoms with Crippen molar-refractivity contribution in [1.29, 1.82) is 0 Å². The van der Waals surface area contributed by atoms with Gasteiger partial charge in [0.15, 0.2) is 0 Å². The highest BCUT2D eigenvalue weighted by Gasteiger charge is 2.21. The van der Waals surface area contributed by atoms with Crippen LogP contribution in [0.25, 0.3) is 11.3 Å². The van der Waals surface area contributed by atoms with E-state index in [-0.39, 0.29) is 5.82 Å². The van der Waals surface area contributed by atoms with Gasteiger partial charge in [-0.1, -0.05) is 19.4 Å². The predicted octanol–water partition coefficient (Wildman–Crippen LogP) is 5.58. The first-order chi connectivity index (χ1) is 11.2. The van der Waals surface area contributed by atoms with Crippen molar-refractivity contribution in [3.05, 3.63) is 47.9 Å². The van der Waals surface area contributed by atoms with Crippen LogP contribution >= 0.6 is 0 Å². The highest BCUT2D eigenvalue weighted by atomic mass is 19.1. The van der Waals surface area contributed by atoms with Crippen molar-refractivity contribution in [3.8, 4) is 17.0 Å². The third-order valence-electron chi connectivity index (χ3n) is 5.13. The first-order valence-corrected chi connectivity index (χ1v) is 8.51. The second kappa shape index (κ2) is 7.12. The van der Waals surface area contributed by atoms with Crippen molar-refractivity contribution in [2.75, 3.05) is 7.11 Å². The third-order valence-corrected chi connectivity index (χ3v) is 5.13. The largest absolute Gasteiger partial charge is 0.497 e. The summed E-state index contributed by atoms with van der Waals surface area (Å²) in [7, 11) is 1.54. The molecule has 0 atom stereocenters. The highest BCUT2D eigenvalue weighted by molar-refractivity contribution is 5.61. The van der Waals surface area contributed by atoms with Crippen LogP contribution in [-0.2, 0) is 0 Å². The van der Waals surface area contributed by atoms with Gasteiger partial charge in [-0.15, -0.1) is 0 Å². The monoisotopic (exact) mass is 313 g/mol. The molecular formula is C20H24FNO. The molecule has 1 saturated carbocycles. The Balaban J connectivity index is 1.75. The van der Waals surface area contributed by atoms with E-state index in [1.54, 1.807) is 12.1 Å². The van der Waals surface area contributed by atoms with E-state index in [2.05, 4.69) is 18.0 Å². The minimum absolute atomic E-state index is 0.298. The average molecular weight is 313 g/mol. The summed E-state index contributed by atoms with van der Waals surface area (Å²) in [5, 5.41) is 0. The molecule has 1 aliphatic carbocycles. The molecule has 1 fully saturated rings. The fourth-order valence-corrected chi connectivity index (χ4v) is 3.54. The molecule has 0 bridgehead atoms. The van der Waals surface area contributed by atoms with Crippen LogP contribution in [0.15, 0.2) is 36.5 Å². The van der Waals surface area contributed by atoms with Crippen molar-refractivity contribution in [1.82, 2.24) is 4.98 Å². The van der Waals surface area contributed by atoms with Gasteiger partial charge in [0, 0.05) is 17.8 Å². The van der Waals surface area contributed by atoms with E-state index in [1.807, 2.05) is 12.3 Å². The first-order valence-electron chi connectivity index (χ1n) is 8.51. The molecule has 0 N–H and O–H groups in total. The van der Waals surface area contributed by atoms with Gasteiger partial charge in [0.1, 0.15) is 11.6 Å². The Bertz CT molecular complexity index is 645. The molecule has 0 unspecified atom stereocenters. The molecule has 0 amide bonds. The van der Waals surface area contributed by atoms with Crippen LogP contribution < -0.4 is 4.74 Å². The Morgan fingerprint density at radius 3 is 2.48 bits per heavy atom. The van der Waals surface area contributed by atoms with Crippen molar-refractivity contribution in [3.63, 3.8) is 0 Å². The van der Waals surface area contributed by atoms with Crippen LogP contribution in [0.3, 0.4) is 0 Å². The van der Waals surface area contributed by atoms with Crippen LogP contribution in [0.1, 0.15) is 50.5 Å². The minimum atomic E-state index is -0.298. The summed E-state index contributed by atoms with van der Waals surface area (Å²) in [5.41, 5.74) is 2.49. The zero-order valence-corrected chi connectivity index (χ0v) is 13.9. The summed E-state index contributed by atoms with van der Waals surface area (Å²) in [6.45, 7) is 2.28. The van der Waals surface area contributed by atoms with Crippen molar-refractivity contribution in [2.24, 2.45) is 5.92 Å². The molecular weight excluding hydrogens is 289 g/mol. The number of aromatic nitrogens is 1. The van der Waals surface area contributed by atoms with Crippen LogP contribution in [0.4, 0.5) is 4.39 Å². The van der Waals surface area contributed by atoms with Crippen molar-refractivity contribution < 1.29 is 9.13 Å². The normalized spacial score (nSPS) is 21.2. The average Bonchev–Trinajstić information content (AvgIpc) is 2.62. The predicted molar refractivity (Wildman–Crippen MR) is 91.2 cm³/mol. The highest BCUT2D eigenvalue weighted by Crippen LogP contribution is 2.37. The summed E-state index contributed by atoms with van der Waals surface area (Å²) >= 11 is 0. The zero-order valence-electron chi connectivity index (χ0n) is 13.9. The Morgan fingerprint density at radius 2 is 1.91 bits per heavy atom. The standard InChI is InChI=1S/C20H24FNO/c1-3-14-4-6-15(7-5-14)16-8-11-20(22-13-16)18-10-9-17(23-2)12-19(18)21/h8-15H,3-7H2,1-2H3/t14-,15-. The van der Waals surface area contributed by atoms with E-state index in [0.717, 1.165) is 5.92 Å². The van der Waals surface area contributed by atoms with Gasteiger partial charge in [-0.25, -0.2) is 4.39 Å². The van der Waals surface area contributed by atoms with Gasteiger partial charge in [-0.2, -0.15) is 0 Å². The minimum Gasteiger partial charge on any atom is -0.497 e. The molecule has 0 aliphatic heterocycles. The van der Waals surface area contributed by atoms with Crippen molar-refractivity contribution >= 4 is 0 Å². The Labute approximate surface area is 137 Å². The van der Waals surface area contributed by atoms with E-state index < -0.39 is 0 Å². The number of hydrogen-bond acceptors (Lipinski definition) is 2. The lowest BCUT2D eigenvalue weighted by Gasteiger charge is -2.27. The quantitative estimate of drug-likeness (QED) is 0.735. The smallest absolute Gasteiger partial charge is 0.136 e. The second-order valence-electron chi connectivity index (χ2n) is 6.45. The molecule has 122 valence electrons. The van der Waals surface area contributed by atoms with Gasteiger partial charge < -0.3 is 4.74 Å². The lowest BCUT2D eigenvalue weighted by Crippen LogP contribution is -2.12. The molecule has 0 radical (unpaired) electrons. The maximum absolute atomic E-state index is 14.1. The molecule has 1 aromatic heterocycles. The fraction of sp³-hybridized carbons (Fsp3) is 0.450. The van der Waals surface area contributed by atoms with Crippen LogP contribution in [0, 0.1) is 11.7 Å². The summed E-state index contributed by atoms with van der Waals surface area (Å²) < 4.78 is 19.2. The summed E-state index contributed by atoms with van der Waals surface area (Å²) in [5.74, 6) is 1.73. The Hall–Kier alpha value is -1.90. The number of ether oxygens (including phenoxy) is 1. The first kappa shape index (κ1) is 16.0. The fourth-order valence-electron chi connectivity index (χ4n) is 3.54. The number of rotatable bonds is 4. The molecule has 0 spiro atoms. The lowest BCUT2D eigenvalue weighted by molar-refractivity contribution is 0.318. The van der Waals surface area contributed by atoms with E-state index in [1.165, 1.54) is 50.8 Å². The molecule has 2 nitrogen and oxygen atoms in total. The lowest BCUT2D eigenvalue weighted by atomic mass is 9.78. The summed E-state index contributed by atoms with van der Waals surface area (Å²) in [6, 6.07) is 8.94. The number of methoxy groups -OCH3 is 1. The molecule has 2 aromatic rings. The third kappa shape index (κ3) is 3.54. The van der Waals surface area contributed by atoms with E-state index in [4.69, 9.17) is 4.74 Å². The molecule has 23 heavy (non-hydrogen) atoms. The zero-order chi connectivity index (χ0) is 16.2. The maximum atomic E-state index is 14.1. The van der Waals surface area contributed by atoms with Crippen LogP contribution in [0.2, 0.25) is 0 Å². The molecule has 1 aliphatic rings. The number of nitrogens with zero attached hydrogens (tertiary/aromatic N) is 1. The van der Waals surface area contributed by atoms with Gasteiger partial charge in [0.2, 0.25) is 0 Å². The molecule has 3 rings (SSSR count). The Kier molecular flexibility index (Phi) is 4.94.